The van der Waals surface area contributed by atoms with Crippen LogP contribution in [0.15, 0.2) is 48.5 Å². The lowest BCUT2D eigenvalue weighted by Gasteiger charge is -2.22. The molecule has 24 heavy (non-hydrogen) atoms. The molecule has 0 saturated carbocycles. The van der Waals surface area contributed by atoms with Crippen LogP contribution in [0.2, 0.25) is 0 Å². The van der Waals surface area contributed by atoms with Crippen LogP contribution >= 0.6 is 0 Å². The Morgan fingerprint density at radius 2 is 1.79 bits per heavy atom. The maximum atomic E-state index is 12.6. The highest BCUT2D eigenvalue weighted by Gasteiger charge is 2.21. The van der Waals surface area contributed by atoms with E-state index >= 15 is 0 Å². The van der Waals surface area contributed by atoms with Gasteiger partial charge in [0.25, 0.3) is 5.91 Å². The molecule has 0 saturated heterocycles. The molecule has 1 N–H and O–H groups in total. The normalized spacial score (nSPS) is 13.0. The zero-order chi connectivity index (χ0) is 17.5. The van der Waals surface area contributed by atoms with Crippen molar-refractivity contribution in [3.05, 3.63) is 59.7 Å². The van der Waals surface area contributed by atoms with Crippen LogP contribution in [0.1, 0.15) is 37.4 Å². The Bertz CT molecular complexity index is 667. The van der Waals surface area contributed by atoms with Gasteiger partial charge in [0.15, 0.2) is 6.10 Å². The third-order valence-electron chi connectivity index (χ3n) is 3.93. The highest BCUT2D eigenvalue weighted by molar-refractivity contribution is 5.81. The van der Waals surface area contributed by atoms with E-state index in [1.54, 1.807) is 7.11 Å². The fourth-order valence-corrected chi connectivity index (χ4v) is 2.51. The molecule has 0 aliphatic rings. The lowest BCUT2D eigenvalue weighted by molar-refractivity contribution is -0.128. The van der Waals surface area contributed by atoms with E-state index in [4.69, 9.17) is 9.47 Å². The maximum absolute atomic E-state index is 12.6. The van der Waals surface area contributed by atoms with Crippen molar-refractivity contribution in [1.82, 2.24) is 5.32 Å². The molecule has 0 fully saturated rings. The summed E-state index contributed by atoms with van der Waals surface area (Å²) < 4.78 is 11.2. The van der Waals surface area contributed by atoms with Gasteiger partial charge in [0.1, 0.15) is 11.5 Å². The van der Waals surface area contributed by atoms with E-state index in [0.717, 1.165) is 16.9 Å². The summed E-state index contributed by atoms with van der Waals surface area (Å²) in [6.45, 7) is 5.89. The van der Waals surface area contributed by atoms with Crippen LogP contribution in [-0.4, -0.2) is 19.1 Å². The summed E-state index contributed by atoms with van der Waals surface area (Å²) in [4.78, 5) is 12.6. The Kier molecular flexibility index (Phi) is 6.24. The standard InChI is InChI=1S/C20H25NO3/c1-5-18(24-16-12-10-14(2)11-13-16)20(22)21-15(3)17-8-6-7-9-19(17)23-4/h6-13,15,18H,5H2,1-4H3,(H,21,22)/t15-,18+/m1/s1. The molecule has 0 aliphatic carbocycles. The van der Waals surface area contributed by atoms with Gasteiger partial charge in [-0.2, -0.15) is 0 Å². The van der Waals surface area contributed by atoms with Crippen molar-refractivity contribution in [3.8, 4) is 11.5 Å². The predicted molar refractivity (Wildman–Crippen MR) is 95.4 cm³/mol. The lowest BCUT2D eigenvalue weighted by Crippen LogP contribution is -2.39. The number of aryl methyl sites for hydroxylation is 1. The van der Waals surface area contributed by atoms with Gasteiger partial charge in [-0.15, -0.1) is 0 Å². The average Bonchev–Trinajstić information content (AvgIpc) is 2.60. The van der Waals surface area contributed by atoms with Crippen LogP contribution in [0.25, 0.3) is 0 Å². The summed E-state index contributed by atoms with van der Waals surface area (Å²) in [6.07, 6.45) is 0.0723. The summed E-state index contributed by atoms with van der Waals surface area (Å²) in [7, 11) is 1.63. The van der Waals surface area contributed by atoms with E-state index in [-0.39, 0.29) is 11.9 Å². The summed E-state index contributed by atoms with van der Waals surface area (Å²) in [6, 6.07) is 15.2. The van der Waals surface area contributed by atoms with Crippen LogP contribution in [-0.2, 0) is 4.79 Å². The Morgan fingerprint density at radius 3 is 2.42 bits per heavy atom. The minimum absolute atomic E-state index is 0.128. The first kappa shape index (κ1) is 17.9. The highest BCUT2D eigenvalue weighted by Crippen LogP contribution is 2.24. The zero-order valence-corrected chi connectivity index (χ0v) is 14.7. The first-order chi connectivity index (χ1) is 11.5. The summed E-state index contributed by atoms with van der Waals surface area (Å²) in [5.74, 6) is 1.34. The number of carbonyl (C=O) groups is 1. The molecule has 0 unspecified atom stereocenters. The SMILES string of the molecule is CC[C@H](Oc1ccc(C)cc1)C(=O)N[C@H](C)c1ccccc1OC. The molecule has 2 atom stereocenters. The summed E-state index contributed by atoms with van der Waals surface area (Å²) in [5, 5.41) is 3.01. The van der Waals surface area contributed by atoms with Crippen LogP contribution in [0, 0.1) is 6.92 Å². The molecule has 128 valence electrons. The first-order valence-corrected chi connectivity index (χ1v) is 8.21. The van der Waals surface area contributed by atoms with E-state index in [1.807, 2.05) is 69.3 Å². The van der Waals surface area contributed by atoms with Gasteiger partial charge in [0, 0.05) is 5.56 Å². The van der Waals surface area contributed by atoms with Gasteiger partial charge in [-0.05, 0) is 38.5 Å². The van der Waals surface area contributed by atoms with E-state index in [9.17, 15) is 4.79 Å². The number of hydrogen-bond acceptors (Lipinski definition) is 3. The highest BCUT2D eigenvalue weighted by atomic mass is 16.5. The smallest absolute Gasteiger partial charge is 0.261 e. The molecular weight excluding hydrogens is 302 g/mol. The van der Waals surface area contributed by atoms with Crippen molar-refractivity contribution in [1.29, 1.82) is 0 Å². The minimum Gasteiger partial charge on any atom is -0.496 e. The van der Waals surface area contributed by atoms with Gasteiger partial charge in [0.05, 0.1) is 13.2 Å². The van der Waals surface area contributed by atoms with Gasteiger partial charge < -0.3 is 14.8 Å². The number of hydrogen-bond donors (Lipinski definition) is 1. The van der Waals surface area contributed by atoms with Crippen molar-refractivity contribution < 1.29 is 14.3 Å². The number of carbonyl (C=O) groups excluding carboxylic acids is 1. The predicted octanol–water partition coefficient (Wildman–Crippen LogP) is 4.04. The molecule has 1 amide bonds. The van der Waals surface area contributed by atoms with Crippen LogP contribution < -0.4 is 14.8 Å². The van der Waals surface area contributed by atoms with Crippen LogP contribution in [0.3, 0.4) is 0 Å². The van der Waals surface area contributed by atoms with Crippen LogP contribution in [0.5, 0.6) is 11.5 Å². The zero-order valence-electron chi connectivity index (χ0n) is 14.7. The molecule has 0 aliphatic heterocycles. The molecule has 4 nitrogen and oxygen atoms in total. The quantitative estimate of drug-likeness (QED) is 0.835. The molecule has 4 heteroatoms. The molecule has 0 bridgehead atoms. The Labute approximate surface area is 143 Å². The molecular formula is C20H25NO3. The summed E-state index contributed by atoms with van der Waals surface area (Å²) in [5.41, 5.74) is 2.10. The topological polar surface area (TPSA) is 47.6 Å². The number of ether oxygens (including phenoxy) is 2. The Hall–Kier alpha value is -2.49. The number of nitrogens with one attached hydrogen (secondary N) is 1. The largest absolute Gasteiger partial charge is 0.496 e. The van der Waals surface area contributed by atoms with Gasteiger partial charge in [-0.1, -0.05) is 42.8 Å². The van der Waals surface area contributed by atoms with Gasteiger partial charge in [-0.25, -0.2) is 0 Å². The molecule has 0 radical (unpaired) electrons. The third kappa shape index (κ3) is 4.51. The number of amides is 1. The van der Waals surface area contributed by atoms with Crippen molar-refractivity contribution in [2.45, 2.75) is 39.3 Å². The molecule has 2 aromatic carbocycles. The van der Waals surface area contributed by atoms with Gasteiger partial charge >= 0.3 is 0 Å². The second-order valence-electron chi connectivity index (χ2n) is 5.80. The van der Waals surface area contributed by atoms with Gasteiger partial charge in [-0.3, -0.25) is 4.79 Å². The minimum atomic E-state index is -0.523. The van der Waals surface area contributed by atoms with E-state index in [0.29, 0.717) is 12.2 Å². The Balaban J connectivity index is 2.04. The van der Waals surface area contributed by atoms with Crippen molar-refractivity contribution in [2.24, 2.45) is 0 Å². The van der Waals surface area contributed by atoms with E-state index < -0.39 is 6.10 Å². The molecule has 0 heterocycles. The Morgan fingerprint density at radius 1 is 1.12 bits per heavy atom. The molecule has 2 rings (SSSR count). The fourth-order valence-electron chi connectivity index (χ4n) is 2.51. The third-order valence-corrected chi connectivity index (χ3v) is 3.93. The average molecular weight is 327 g/mol. The number of para-hydroxylation sites is 1. The van der Waals surface area contributed by atoms with E-state index in [1.165, 1.54) is 0 Å². The molecule has 0 aromatic heterocycles. The van der Waals surface area contributed by atoms with Gasteiger partial charge in [0.2, 0.25) is 0 Å². The van der Waals surface area contributed by atoms with Crippen molar-refractivity contribution in [3.63, 3.8) is 0 Å². The second-order valence-corrected chi connectivity index (χ2v) is 5.80. The number of benzene rings is 2. The van der Waals surface area contributed by atoms with Crippen molar-refractivity contribution in [2.75, 3.05) is 7.11 Å². The maximum Gasteiger partial charge on any atom is 0.261 e. The summed E-state index contributed by atoms with van der Waals surface area (Å²) >= 11 is 0. The molecule has 2 aromatic rings. The van der Waals surface area contributed by atoms with Crippen LogP contribution in [0.4, 0.5) is 0 Å². The van der Waals surface area contributed by atoms with E-state index in [2.05, 4.69) is 5.32 Å². The molecule has 0 spiro atoms. The lowest BCUT2D eigenvalue weighted by atomic mass is 10.1. The number of rotatable bonds is 7. The monoisotopic (exact) mass is 327 g/mol. The first-order valence-electron chi connectivity index (χ1n) is 8.21. The fraction of sp³-hybridized carbons (Fsp3) is 0.350. The van der Waals surface area contributed by atoms with Crippen molar-refractivity contribution >= 4 is 5.91 Å². The number of methoxy groups -OCH3 is 1. The second kappa shape index (κ2) is 8.39.